The van der Waals surface area contributed by atoms with Gasteiger partial charge in [-0.25, -0.2) is 14.8 Å². The standard InChI is InChI=1S/C14H14N4O/c1-11-3-5-12(6-4-11)7-10-17-14(19)18-13-15-8-2-9-16-13/h2-10H,1H3,(H2,15,16,17,18,19)/b10-7+. The number of urea groups is 1. The molecule has 0 saturated heterocycles. The molecule has 5 heteroatoms. The summed E-state index contributed by atoms with van der Waals surface area (Å²) in [5.74, 6) is 0.267. The van der Waals surface area contributed by atoms with Crippen LogP contribution in [0.2, 0.25) is 0 Å². The van der Waals surface area contributed by atoms with Gasteiger partial charge in [0, 0.05) is 18.6 Å². The van der Waals surface area contributed by atoms with Crippen LogP contribution in [0, 0.1) is 6.92 Å². The molecule has 0 spiro atoms. The second kappa shape index (κ2) is 6.30. The van der Waals surface area contributed by atoms with Crippen molar-refractivity contribution in [2.45, 2.75) is 6.92 Å². The summed E-state index contributed by atoms with van der Waals surface area (Å²) >= 11 is 0. The number of aromatic nitrogens is 2. The Morgan fingerprint density at radius 3 is 2.53 bits per heavy atom. The van der Waals surface area contributed by atoms with E-state index in [0.717, 1.165) is 5.56 Å². The lowest BCUT2D eigenvalue weighted by molar-refractivity contribution is 0.255. The van der Waals surface area contributed by atoms with Gasteiger partial charge in [0.2, 0.25) is 5.95 Å². The van der Waals surface area contributed by atoms with Gasteiger partial charge in [-0.05, 0) is 24.6 Å². The molecular formula is C14H14N4O. The van der Waals surface area contributed by atoms with Gasteiger partial charge in [0.15, 0.2) is 0 Å². The van der Waals surface area contributed by atoms with Crippen molar-refractivity contribution >= 4 is 18.1 Å². The van der Waals surface area contributed by atoms with Gasteiger partial charge in [-0.3, -0.25) is 5.32 Å². The maximum absolute atomic E-state index is 11.5. The smallest absolute Gasteiger partial charge is 0.314 e. The molecule has 2 amide bonds. The summed E-state index contributed by atoms with van der Waals surface area (Å²) in [5, 5.41) is 5.10. The Balaban J connectivity index is 1.85. The molecular weight excluding hydrogens is 240 g/mol. The van der Waals surface area contributed by atoms with Gasteiger partial charge >= 0.3 is 6.03 Å². The third kappa shape index (κ3) is 4.23. The van der Waals surface area contributed by atoms with Crippen molar-refractivity contribution in [3.63, 3.8) is 0 Å². The monoisotopic (exact) mass is 254 g/mol. The third-order valence-electron chi connectivity index (χ3n) is 2.36. The summed E-state index contributed by atoms with van der Waals surface area (Å²) in [5.41, 5.74) is 2.21. The van der Waals surface area contributed by atoms with Crippen molar-refractivity contribution in [3.05, 3.63) is 60.1 Å². The number of aryl methyl sites for hydroxylation is 1. The number of rotatable bonds is 3. The van der Waals surface area contributed by atoms with E-state index in [0.29, 0.717) is 0 Å². The number of anilines is 1. The number of amides is 2. The molecule has 0 aliphatic carbocycles. The van der Waals surface area contributed by atoms with Crippen molar-refractivity contribution in [3.8, 4) is 0 Å². The lowest BCUT2D eigenvalue weighted by atomic mass is 10.1. The first kappa shape index (κ1) is 12.8. The van der Waals surface area contributed by atoms with E-state index in [4.69, 9.17) is 0 Å². The zero-order chi connectivity index (χ0) is 13.5. The number of nitrogens with one attached hydrogen (secondary N) is 2. The van der Waals surface area contributed by atoms with E-state index in [9.17, 15) is 4.79 Å². The third-order valence-corrected chi connectivity index (χ3v) is 2.36. The SMILES string of the molecule is Cc1ccc(/C=C/NC(=O)Nc2ncccn2)cc1. The van der Waals surface area contributed by atoms with Crippen molar-refractivity contribution in [2.75, 3.05) is 5.32 Å². The van der Waals surface area contributed by atoms with Crippen LogP contribution in [0.15, 0.2) is 48.9 Å². The largest absolute Gasteiger partial charge is 0.325 e. The van der Waals surface area contributed by atoms with E-state index in [1.807, 2.05) is 37.3 Å². The maximum Gasteiger partial charge on any atom is 0.325 e. The molecule has 1 aromatic heterocycles. The molecule has 0 aliphatic heterocycles. The highest BCUT2D eigenvalue weighted by atomic mass is 16.2. The summed E-state index contributed by atoms with van der Waals surface area (Å²) in [7, 11) is 0. The van der Waals surface area contributed by atoms with Gasteiger partial charge in [0.1, 0.15) is 0 Å². The molecule has 2 aromatic rings. The van der Waals surface area contributed by atoms with Crippen LogP contribution in [0.3, 0.4) is 0 Å². The highest BCUT2D eigenvalue weighted by Crippen LogP contribution is 2.04. The quantitative estimate of drug-likeness (QED) is 0.884. The summed E-state index contributed by atoms with van der Waals surface area (Å²) in [6.45, 7) is 2.03. The van der Waals surface area contributed by atoms with Gasteiger partial charge in [-0.2, -0.15) is 0 Å². The van der Waals surface area contributed by atoms with Crippen LogP contribution in [0.1, 0.15) is 11.1 Å². The molecule has 0 aliphatic rings. The number of nitrogens with zero attached hydrogens (tertiary/aromatic N) is 2. The maximum atomic E-state index is 11.5. The van der Waals surface area contributed by atoms with Gasteiger partial charge in [-0.15, -0.1) is 0 Å². The molecule has 1 aromatic carbocycles. The first-order valence-electron chi connectivity index (χ1n) is 5.82. The van der Waals surface area contributed by atoms with Crippen LogP contribution in [0.4, 0.5) is 10.7 Å². The molecule has 0 atom stereocenters. The highest BCUT2D eigenvalue weighted by molar-refractivity contribution is 5.88. The number of benzene rings is 1. The molecule has 0 fully saturated rings. The molecule has 96 valence electrons. The Morgan fingerprint density at radius 1 is 1.16 bits per heavy atom. The minimum absolute atomic E-state index is 0.267. The molecule has 1 heterocycles. The highest BCUT2D eigenvalue weighted by Gasteiger charge is 1.99. The topological polar surface area (TPSA) is 66.9 Å². The number of hydrogen-bond donors (Lipinski definition) is 2. The van der Waals surface area contributed by atoms with Crippen molar-refractivity contribution < 1.29 is 4.79 Å². The van der Waals surface area contributed by atoms with Crippen LogP contribution in [-0.4, -0.2) is 16.0 Å². The zero-order valence-corrected chi connectivity index (χ0v) is 10.5. The van der Waals surface area contributed by atoms with Crippen LogP contribution in [0.25, 0.3) is 6.08 Å². The zero-order valence-electron chi connectivity index (χ0n) is 10.5. The van der Waals surface area contributed by atoms with E-state index in [2.05, 4.69) is 20.6 Å². The fourth-order valence-electron chi connectivity index (χ4n) is 1.39. The van der Waals surface area contributed by atoms with Crippen LogP contribution < -0.4 is 10.6 Å². The molecule has 5 nitrogen and oxygen atoms in total. The average molecular weight is 254 g/mol. The Morgan fingerprint density at radius 2 is 1.84 bits per heavy atom. The van der Waals surface area contributed by atoms with Gasteiger partial charge < -0.3 is 5.32 Å². The number of carbonyl (C=O) groups is 1. The fourth-order valence-corrected chi connectivity index (χ4v) is 1.39. The van der Waals surface area contributed by atoms with Gasteiger partial charge in [0.05, 0.1) is 0 Å². The van der Waals surface area contributed by atoms with E-state index in [1.165, 1.54) is 5.56 Å². The first-order valence-corrected chi connectivity index (χ1v) is 5.82. The molecule has 2 rings (SSSR count). The Labute approximate surface area is 111 Å². The molecule has 0 unspecified atom stereocenters. The summed E-state index contributed by atoms with van der Waals surface area (Å²) in [4.78, 5) is 19.3. The Hall–Kier alpha value is -2.69. The van der Waals surface area contributed by atoms with E-state index in [-0.39, 0.29) is 12.0 Å². The van der Waals surface area contributed by atoms with Crippen LogP contribution >= 0.6 is 0 Å². The molecule has 19 heavy (non-hydrogen) atoms. The number of hydrogen-bond acceptors (Lipinski definition) is 3. The van der Waals surface area contributed by atoms with Crippen molar-refractivity contribution in [1.29, 1.82) is 0 Å². The lowest BCUT2D eigenvalue weighted by Crippen LogP contribution is -2.24. The van der Waals surface area contributed by atoms with Crippen molar-refractivity contribution in [1.82, 2.24) is 15.3 Å². The predicted molar refractivity (Wildman–Crippen MR) is 74.4 cm³/mol. The molecule has 0 saturated carbocycles. The van der Waals surface area contributed by atoms with Gasteiger partial charge in [0.25, 0.3) is 0 Å². The number of carbonyl (C=O) groups excluding carboxylic acids is 1. The molecule has 0 radical (unpaired) electrons. The van der Waals surface area contributed by atoms with Crippen LogP contribution in [0.5, 0.6) is 0 Å². The van der Waals surface area contributed by atoms with Gasteiger partial charge in [-0.1, -0.05) is 29.8 Å². The van der Waals surface area contributed by atoms with Crippen LogP contribution in [-0.2, 0) is 0 Å². The van der Waals surface area contributed by atoms with Crippen molar-refractivity contribution in [2.24, 2.45) is 0 Å². The second-order valence-corrected chi connectivity index (χ2v) is 3.91. The molecule has 0 bridgehead atoms. The summed E-state index contributed by atoms with van der Waals surface area (Å²) < 4.78 is 0. The Kier molecular flexibility index (Phi) is 4.23. The first-order chi connectivity index (χ1) is 9.24. The summed E-state index contributed by atoms with van der Waals surface area (Å²) in [6, 6.07) is 9.28. The average Bonchev–Trinajstić information content (AvgIpc) is 2.42. The van der Waals surface area contributed by atoms with E-state index >= 15 is 0 Å². The normalized spacial score (nSPS) is 10.4. The van der Waals surface area contributed by atoms with E-state index < -0.39 is 0 Å². The van der Waals surface area contributed by atoms with E-state index in [1.54, 1.807) is 24.7 Å². The minimum atomic E-state index is -0.380. The lowest BCUT2D eigenvalue weighted by Gasteiger charge is -2.01. The summed E-state index contributed by atoms with van der Waals surface area (Å²) in [6.07, 6.45) is 6.50. The minimum Gasteiger partial charge on any atom is -0.314 e. The predicted octanol–water partition coefficient (Wildman–Crippen LogP) is 2.58. The second-order valence-electron chi connectivity index (χ2n) is 3.91. The molecule has 2 N–H and O–H groups in total. The Bertz CT molecular complexity index is 564. The fraction of sp³-hybridized carbons (Fsp3) is 0.0714.